The van der Waals surface area contributed by atoms with Crippen LogP contribution in [0.15, 0.2) is 40.1 Å². The number of hydrogen-bond donors (Lipinski definition) is 2. The van der Waals surface area contributed by atoms with Crippen molar-refractivity contribution in [1.29, 1.82) is 0 Å². The van der Waals surface area contributed by atoms with Gasteiger partial charge in [-0.15, -0.1) is 5.56 Å². The van der Waals surface area contributed by atoms with E-state index in [-0.39, 0.29) is 29.6 Å². The van der Waals surface area contributed by atoms with Crippen molar-refractivity contribution in [3.05, 3.63) is 47.5 Å². The van der Waals surface area contributed by atoms with Crippen LogP contribution in [0, 0.1) is 6.07 Å². The Morgan fingerprint density at radius 3 is 1.97 bits per heavy atom. The fourth-order valence-electron chi connectivity index (χ4n) is 2.44. The summed E-state index contributed by atoms with van der Waals surface area (Å²) < 4.78 is 75.4. The molecule has 2 aromatic carbocycles. The molecule has 0 bridgehead atoms. The van der Waals surface area contributed by atoms with Crippen LogP contribution in [0.1, 0.15) is 20.7 Å². The summed E-state index contributed by atoms with van der Waals surface area (Å²) in [5, 5.41) is 0. The zero-order valence-electron chi connectivity index (χ0n) is 15.4. The SMILES string of the molecule is COC(=O)c1cc(C(=O)OC)c(-c2cc[c-]cc2S(=O)(=O)O)c(S(=O)(=O)O)c1.[Na+]. The first-order valence-electron chi connectivity index (χ1n) is 7.22. The van der Waals surface area contributed by atoms with Crippen LogP contribution in [-0.4, -0.2) is 52.1 Å². The van der Waals surface area contributed by atoms with Crippen LogP contribution >= 0.6 is 0 Å². The molecule has 0 atom stereocenters. The standard InChI is InChI=1S/C16H13O10S2.Na/c1-25-15(17)9-7-11(16(18)26-2)14(13(8-9)28(22,23)24)10-5-3-4-6-12(10)27(19,20)21;/h3,5-8H,1-2H3,(H,19,20,21)(H,22,23,24);/q-1;+1. The van der Waals surface area contributed by atoms with Gasteiger partial charge in [0.05, 0.1) is 25.3 Å². The first-order chi connectivity index (χ1) is 12.9. The number of hydrogen-bond acceptors (Lipinski definition) is 8. The molecule has 0 spiro atoms. The molecule has 29 heavy (non-hydrogen) atoms. The van der Waals surface area contributed by atoms with Crippen LogP contribution in [-0.2, 0) is 29.7 Å². The fraction of sp³-hybridized carbons (Fsp3) is 0.125. The Bertz CT molecular complexity index is 1170. The molecule has 150 valence electrons. The molecule has 2 N–H and O–H groups in total. The molecule has 0 amide bonds. The average Bonchev–Trinajstić information content (AvgIpc) is 2.64. The predicted octanol–water partition coefficient (Wildman–Crippen LogP) is -1.78. The van der Waals surface area contributed by atoms with Crippen molar-refractivity contribution in [2.75, 3.05) is 14.2 Å². The summed E-state index contributed by atoms with van der Waals surface area (Å²) in [4.78, 5) is 22.3. The topological polar surface area (TPSA) is 161 Å². The van der Waals surface area contributed by atoms with Gasteiger partial charge in [0, 0.05) is 0 Å². The molecule has 0 radical (unpaired) electrons. The van der Waals surface area contributed by atoms with E-state index in [0.29, 0.717) is 6.07 Å². The van der Waals surface area contributed by atoms with Gasteiger partial charge in [0.15, 0.2) is 0 Å². The fourth-order valence-corrected chi connectivity index (χ4v) is 3.86. The molecule has 0 aliphatic rings. The number of benzene rings is 2. The molecule has 2 aromatic rings. The van der Waals surface area contributed by atoms with Crippen LogP contribution in [0.5, 0.6) is 0 Å². The molecule has 0 fully saturated rings. The van der Waals surface area contributed by atoms with Crippen LogP contribution < -0.4 is 29.6 Å². The Morgan fingerprint density at radius 2 is 1.48 bits per heavy atom. The molecular formula is C16H13NaO10S2. The number of methoxy groups -OCH3 is 2. The van der Waals surface area contributed by atoms with E-state index in [4.69, 9.17) is 0 Å². The summed E-state index contributed by atoms with van der Waals surface area (Å²) in [5.74, 6) is -2.17. The van der Waals surface area contributed by atoms with Crippen LogP contribution in [0.4, 0.5) is 0 Å². The summed E-state index contributed by atoms with van der Waals surface area (Å²) in [5.41, 5.74) is -2.02. The molecule has 13 heteroatoms. The largest absolute Gasteiger partial charge is 1.00 e. The maximum absolute atomic E-state index is 12.2. The Balaban J connectivity index is 0.00000420. The average molecular weight is 452 g/mol. The first kappa shape index (κ1) is 25.2. The second-order valence-electron chi connectivity index (χ2n) is 5.25. The maximum atomic E-state index is 12.2. The molecule has 0 aliphatic heterocycles. The van der Waals surface area contributed by atoms with Crippen molar-refractivity contribution in [3.63, 3.8) is 0 Å². The zero-order chi connectivity index (χ0) is 21.3. The van der Waals surface area contributed by atoms with Crippen LogP contribution in [0.2, 0.25) is 0 Å². The summed E-state index contributed by atoms with van der Waals surface area (Å²) in [6.07, 6.45) is 0. The normalized spacial score (nSPS) is 11.3. The zero-order valence-corrected chi connectivity index (χ0v) is 19.0. The Hall–Kier alpha value is -1.80. The van der Waals surface area contributed by atoms with Gasteiger partial charge < -0.3 is 9.47 Å². The molecule has 0 aromatic heterocycles. The maximum Gasteiger partial charge on any atom is 1.00 e. The summed E-state index contributed by atoms with van der Waals surface area (Å²) in [6.45, 7) is 0. The van der Waals surface area contributed by atoms with E-state index < -0.39 is 64.2 Å². The Labute approximate surface area is 188 Å². The van der Waals surface area contributed by atoms with E-state index >= 15 is 0 Å². The van der Waals surface area contributed by atoms with E-state index in [1.54, 1.807) is 0 Å². The van der Waals surface area contributed by atoms with E-state index in [1.807, 2.05) is 0 Å². The minimum absolute atomic E-state index is 0. The third-order valence-electron chi connectivity index (χ3n) is 3.58. The number of carbonyl (C=O) groups excluding carboxylic acids is 2. The van der Waals surface area contributed by atoms with Crippen molar-refractivity contribution in [1.82, 2.24) is 0 Å². The number of ether oxygens (including phenoxy) is 2. The predicted molar refractivity (Wildman–Crippen MR) is 93.0 cm³/mol. The third kappa shape index (κ3) is 5.42. The second-order valence-corrected chi connectivity index (χ2v) is 8.03. The van der Waals surface area contributed by atoms with Crippen molar-refractivity contribution >= 4 is 32.2 Å². The van der Waals surface area contributed by atoms with Crippen molar-refractivity contribution in [2.45, 2.75) is 9.79 Å². The van der Waals surface area contributed by atoms with Gasteiger partial charge in [0.25, 0.3) is 10.1 Å². The van der Waals surface area contributed by atoms with Crippen LogP contribution in [0.25, 0.3) is 11.1 Å². The van der Waals surface area contributed by atoms with E-state index in [0.717, 1.165) is 32.4 Å². The number of carbonyl (C=O) groups is 2. The summed E-state index contributed by atoms with van der Waals surface area (Å²) in [7, 11) is -7.98. The Morgan fingerprint density at radius 1 is 0.931 bits per heavy atom. The van der Waals surface area contributed by atoms with Gasteiger partial charge in [0.1, 0.15) is 4.90 Å². The number of esters is 2. The van der Waals surface area contributed by atoms with Gasteiger partial charge in [-0.25, -0.2) is 18.0 Å². The minimum atomic E-state index is -5.07. The van der Waals surface area contributed by atoms with Gasteiger partial charge in [-0.2, -0.15) is 32.7 Å². The molecule has 0 heterocycles. The molecule has 0 saturated heterocycles. The smallest absolute Gasteiger partial charge is 0.465 e. The number of rotatable bonds is 5. The monoisotopic (exact) mass is 452 g/mol. The molecule has 2 rings (SSSR count). The van der Waals surface area contributed by atoms with Crippen molar-refractivity contribution in [3.8, 4) is 11.1 Å². The molecule has 0 unspecified atom stereocenters. The quantitative estimate of drug-likeness (QED) is 0.230. The van der Waals surface area contributed by atoms with E-state index in [2.05, 4.69) is 15.5 Å². The van der Waals surface area contributed by atoms with Gasteiger partial charge in [-0.3, -0.25) is 9.11 Å². The second kappa shape index (κ2) is 9.34. The molecule has 0 aliphatic carbocycles. The van der Waals surface area contributed by atoms with E-state index in [9.17, 15) is 35.5 Å². The van der Waals surface area contributed by atoms with Gasteiger partial charge in [-0.05, 0) is 22.6 Å². The summed E-state index contributed by atoms with van der Waals surface area (Å²) >= 11 is 0. The van der Waals surface area contributed by atoms with Crippen LogP contribution in [0.3, 0.4) is 0 Å². The van der Waals surface area contributed by atoms with Gasteiger partial charge in [0.2, 0.25) is 10.1 Å². The first-order valence-corrected chi connectivity index (χ1v) is 10.1. The molecular weight excluding hydrogens is 439 g/mol. The van der Waals surface area contributed by atoms with E-state index in [1.165, 1.54) is 6.07 Å². The third-order valence-corrected chi connectivity index (χ3v) is 5.35. The summed E-state index contributed by atoms with van der Waals surface area (Å²) in [6, 6.07) is 7.09. The molecule has 0 saturated carbocycles. The molecule has 10 nitrogen and oxygen atoms in total. The minimum Gasteiger partial charge on any atom is -0.465 e. The van der Waals surface area contributed by atoms with Gasteiger partial charge in [-0.1, -0.05) is 0 Å². The Kier molecular flexibility index (Phi) is 8.13. The van der Waals surface area contributed by atoms with Crippen molar-refractivity contribution in [2.24, 2.45) is 0 Å². The van der Waals surface area contributed by atoms with Gasteiger partial charge >= 0.3 is 41.5 Å². The van der Waals surface area contributed by atoms with Crippen molar-refractivity contribution < 1.29 is 74.6 Å².